The van der Waals surface area contributed by atoms with Crippen molar-refractivity contribution in [2.75, 3.05) is 17.7 Å². The Hall–Kier alpha value is -3.54. The van der Waals surface area contributed by atoms with E-state index in [-0.39, 0.29) is 10.8 Å². The number of carbonyl (C=O) groups excluding carboxylic acids is 1. The predicted octanol–water partition coefficient (Wildman–Crippen LogP) is 3.34. The normalized spacial score (nSPS) is 11.3. The average Bonchev–Trinajstić information content (AvgIpc) is 3.15. The van der Waals surface area contributed by atoms with Crippen molar-refractivity contribution in [2.45, 2.75) is 4.90 Å². The summed E-state index contributed by atoms with van der Waals surface area (Å²) < 4.78 is 28.9. The largest absolute Gasteiger partial charge is 0.497 e. The number of anilines is 3. The molecule has 0 aliphatic rings. The lowest BCUT2D eigenvalue weighted by Gasteiger charge is -2.10. The molecule has 11 heteroatoms. The highest BCUT2D eigenvalue weighted by molar-refractivity contribution is 7.89. The van der Waals surface area contributed by atoms with Gasteiger partial charge in [0.1, 0.15) is 11.6 Å². The summed E-state index contributed by atoms with van der Waals surface area (Å²) in [6.45, 7) is 0. The number of nitrogens with zero attached hydrogens (tertiary/aromatic N) is 2. The van der Waals surface area contributed by atoms with Gasteiger partial charge in [0.25, 0.3) is 5.91 Å². The number of benzene rings is 2. The molecule has 0 spiro atoms. The van der Waals surface area contributed by atoms with Crippen LogP contribution < -0.4 is 20.5 Å². The predicted molar refractivity (Wildman–Crippen MR) is 119 cm³/mol. The Kier molecular flexibility index (Phi) is 5.55. The van der Waals surface area contributed by atoms with Gasteiger partial charge in [-0.05, 0) is 54.6 Å². The third-order valence-electron chi connectivity index (χ3n) is 4.31. The maximum atomic E-state index is 12.9. The molecule has 0 saturated heterocycles. The van der Waals surface area contributed by atoms with Crippen LogP contribution in [0, 0.1) is 0 Å². The number of carbonyl (C=O) groups is 1. The van der Waals surface area contributed by atoms with Crippen LogP contribution in [0.5, 0.6) is 5.75 Å². The van der Waals surface area contributed by atoms with Crippen LogP contribution in [0.25, 0.3) is 10.2 Å². The Morgan fingerprint density at radius 1 is 1.13 bits per heavy atom. The van der Waals surface area contributed by atoms with Gasteiger partial charge in [0.15, 0.2) is 5.13 Å². The highest BCUT2D eigenvalue weighted by Gasteiger charge is 2.16. The van der Waals surface area contributed by atoms with Gasteiger partial charge in [-0.1, -0.05) is 11.3 Å². The van der Waals surface area contributed by atoms with E-state index in [0.717, 1.165) is 10.2 Å². The molecule has 4 rings (SSSR count). The Morgan fingerprint density at radius 2 is 1.90 bits per heavy atom. The lowest BCUT2D eigenvalue weighted by atomic mass is 10.2. The van der Waals surface area contributed by atoms with Crippen molar-refractivity contribution in [1.82, 2.24) is 9.97 Å². The third-order valence-corrected chi connectivity index (χ3v) is 6.18. The van der Waals surface area contributed by atoms with Gasteiger partial charge in [0.05, 0.1) is 27.8 Å². The fourth-order valence-electron chi connectivity index (χ4n) is 2.80. The standard InChI is InChI=1S/C20H17N5O4S2/c1-29-13-6-9-16-17(11-13)30-20(24-16)25-19(26)15-3-2-10-22-18(15)23-12-4-7-14(8-5-12)31(21,27)28/h2-11H,1H3,(H,22,23)(H2,21,27,28)(H,24,25,26). The monoisotopic (exact) mass is 455 g/mol. The van der Waals surface area contributed by atoms with E-state index >= 15 is 0 Å². The number of hydrogen-bond donors (Lipinski definition) is 3. The molecule has 0 radical (unpaired) electrons. The Morgan fingerprint density at radius 3 is 2.61 bits per heavy atom. The number of pyridine rings is 1. The highest BCUT2D eigenvalue weighted by Crippen LogP contribution is 2.30. The van der Waals surface area contributed by atoms with Crippen LogP contribution in [0.4, 0.5) is 16.6 Å². The second-order valence-corrected chi connectivity index (χ2v) is 8.99. The molecule has 0 aliphatic carbocycles. The molecule has 2 aromatic carbocycles. The SMILES string of the molecule is COc1ccc2nc(NC(=O)c3cccnc3Nc3ccc(S(N)(=O)=O)cc3)sc2c1. The van der Waals surface area contributed by atoms with Gasteiger partial charge in [-0.25, -0.2) is 23.5 Å². The molecule has 158 valence electrons. The Labute approximate surface area is 182 Å². The minimum atomic E-state index is -3.79. The van der Waals surface area contributed by atoms with E-state index < -0.39 is 10.0 Å². The van der Waals surface area contributed by atoms with Gasteiger partial charge in [-0.15, -0.1) is 0 Å². The molecule has 2 aromatic heterocycles. The first-order valence-corrected chi connectivity index (χ1v) is 11.3. The number of amides is 1. The summed E-state index contributed by atoms with van der Waals surface area (Å²) >= 11 is 1.33. The Bertz CT molecular complexity index is 1370. The number of primary sulfonamides is 1. The first kappa shape index (κ1) is 20.7. The maximum Gasteiger partial charge on any atom is 0.261 e. The zero-order valence-corrected chi connectivity index (χ0v) is 17.8. The number of nitrogens with two attached hydrogens (primary N) is 1. The number of methoxy groups -OCH3 is 1. The van der Waals surface area contributed by atoms with Crippen molar-refractivity contribution in [1.29, 1.82) is 0 Å². The van der Waals surface area contributed by atoms with E-state index in [1.54, 1.807) is 31.5 Å². The summed E-state index contributed by atoms with van der Waals surface area (Å²) in [5.74, 6) is 0.634. The number of aromatic nitrogens is 2. The minimum absolute atomic E-state index is 0.00972. The summed E-state index contributed by atoms with van der Waals surface area (Å²) in [5.41, 5.74) is 1.60. The molecule has 4 N–H and O–H groups in total. The van der Waals surface area contributed by atoms with Crippen molar-refractivity contribution in [3.05, 3.63) is 66.4 Å². The number of sulfonamides is 1. The van der Waals surface area contributed by atoms with Gasteiger partial charge in [0.2, 0.25) is 10.0 Å². The van der Waals surface area contributed by atoms with Gasteiger partial charge in [-0.3, -0.25) is 10.1 Å². The van der Waals surface area contributed by atoms with Crippen molar-refractivity contribution < 1.29 is 17.9 Å². The second kappa shape index (κ2) is 8.30. The van der Waals surface area contributed by atoms with Crippen LogP contribution in [-0.4, -0.2) is 31.4 Å². The molecule has 31 heavy (non-hydrogen) atoms. The smallest absolute Gasteiger partial charge is 0.261 e. The topological polar surface area (TPSA) is 136 Å². The lowest BCUT2D eigenvalue weighted by molar-refractivity contribution is 0.102. The van der Waals surface area contributed by atoms with Crippen molar-refractivity contribution in [2.24, 2.45) is 5.14 Å². The average molecular weight is 456 g/mol. The van der Waals surface area contributed by atoms with Crippen molar-refractivity contribution in [3.8, 4) is 5.75 Å². The number of ether oxygens (including phenoxy) is 1. The second-order valence-electron chi connectivity index (χ2n) is 6.40. The molecule has 0 bridgehead atoms. The van der Waals surface area contributed by atoms with Crippen LogP contribution in [0.1, 0.15) is 10.4 Å². The van der Waals surface area contributed by atoms with Gasteiger partial charge in [0, 0.05) is 11.9 Å². The van der Waals surface area contributed by atoms with Crippen molar-refractivity contribution in [3.63, 3.8) is 0 Å². The summed E-state index contributed by atoms with van der Waals surface area (Å²) in [5, 5.41) is 11.4. The Balaban J connectivity index is 1.56. The molecule has 0 unspecified atom stereocenters. The molecule has 0 fully saturated rings. The molecule has 0 aliphatic heterocycles. The quantitative estimate of drug-likeness (QED) is 0.405. The first-order valence-electron chi connectivity index (χ1n) is 8.94. The van der Waals surface area contributed by atoms with E-state index in [1.165, 1.54) is 35.6 Å². The first-order chi connectivity index (χ1) is 14.8. The third kappa shape index (κ3) is 4.63. The maximum absolute atomic E-state index is 12.9. The van der Waals surface area contributed by atoms with Crippen LogP contribution in [0.3, 0.4) is 0 Å². The highest BCUT2D eigenvalue weighted by atomic mass is 32.2. The summed E-state index contributed by atoms with van der Waals surface area (Å²) in [6.07, 6.45) is 1.54. The van der Waals surface area contributed by atoms with Crippen LogP contribution in [-0.2, 0) is 10.0 Å². The summed E-state index contributed by atoms with van der Waals surface area (Å²) in [6, 6.07) is 14.6. The zero-order chi connectivity index (χ0) is 22.0. The fourth-order valence-corrected chi connectivity index (χ4v) is 4.21. The molecule has 9 nitrogen and oxygen atoms in total. The number of rotatable bonds is 6. The number of fused-ring (bicyclic) bond motifs is 1. The van der Waals surface area contributed by atoms with Crippen LogP contribution in [0.15, 0.2) is 65.7 Å². The van der Waals surface area contributed by atoms with E-state index in [0.29, 0.717) is 27.9 Å². The zero-order valence-electron chi connectivity index (χ0n) is 16.2. The van der Waals surface area contributed by atoms with Gasteiger partial charge < -0.3 is 10.1 Å². The summed E-state index contributed by atoms with van der Waals surface area (Å²) in [7, 11) is -2.20. The van der Waals surface area contributed by atoms with Crippen LogP contribution >= 0.6 is 11.3 Å². The van der Waals surface area contributed by atoms with Crippen molar-refractivity contribution >= 4 is 54.1 Å². The van der Waals surface area contributed by atoms with Gasteiger partial charge in [-0.2, -0.15) is 0 Å². The molecule has 0 atom stereocenters. The van der Waals surface area contributed by atoms with Crippen LogP contribution in [0.2, 0.25) is 0 Å². The number of nitrogens with one attached hydrogen (secondary N) is 2. The van der Waals surface area contributed by atoms with E-state index in [9.17, 15) is 13.2 Å². The fraction of sp³-hybridized carbons (Fsp3) is 0.0500. The number of thiazole rings is 1. The van der Waals surface area contributed by atoms with E-state index in [1.807, 2.05) is 12.1 Å². The minimum Gasteiger partial charge on any atom is -0.497 e. The molecule has 2 heterocycles. The van der Waals surface area contributed by atoms with E-state index in [2.05, 4.69) is 20.6 Å². The van der Waals surface area contributed by atoms with Gasteiger partial charge >= 0.3 is 0 Å². The molecule has 0 saturated carbocycles. The molecular weight excluding hydrogens is 438 g/mol. The lowest BCUT2D eigenvalue weighted by Crippen LogP contribution is -2.14. The molecule has 4 aromatic rings. The summed E-state index contributed by atoms with van der Waals surface area (Å²) in [4.78, 5) is 21.5. The van der Waals surface area contributed by atoms with E-state index in [4.69, 9.17) is 9.88 Å². The molecule has 1 amide bonds. The number of hydrogen-bond acceptors (Lipinski definition) is 8. The molecular formula is C20H17N5O4S2.